The molecule has 0 saturated carbocycles. The van der Waals surface area contributed by atoms with Gasteiger partial charge in [0.05, 0.1) is 5.69 Å². The van der Waals surface area contributed by atoms with Gasteiger partial charge in [-0.15, -0.1) is 0 Å². The summed E-state index contributed by atoms with van der Waals surface area (Å²) in [5, 5.41) is 2.80. The van der Waals surface area contributed by atoms with Crippen LogP contribution in [0.3, 0.4) is 0 Å². The fourth-order valence-corrected chi connectivity index (χ4v) is 4.26. The second-order valence-corrected chi connectivity index (χ2v) is 11.4. The lowest BCUT2D eigenvalue weighted by atomic mass is 10.1. The molecular weight excluding hydrogens is 478 g/mol. The number of carbonyl (C=O) groups excluding carboxylic acids is 2. The molecule has 8 nitrogen and oxygen atoms in total. The van der Waals surface area contributed by atoms with Gasteiger partial charge in [0.1, 0.15) is 24.2 Å². The molecule has 192 valence electrons. The van der Waals surface area contributed by atoms with Crippen molar-refractivity contribution < 1.29 is 26.8 Å². The van der Waals surface area contributed by atoms with Gasteiger partial charge in [-0.25, -0.2) is 13.1 Å². The molecule has 2 aromatic carbocycles. The highest BCUT2D eigenvalue weighted by Gasteiger charge is 2.34. The first-order valence-corrected chi connectivity index (χ1v) is 12.3. The smallest absolute Gasteiger partial charge is 0.304 e. The third-order valence-electron chi connectivity index (χ3n) is 5.07. The molecule has 2 aromatic rings. The van der Waals surface area contributed by atoms with Crippen LogP contribution < -0.4 is 9.62 Å². The van der Waals surface area contributed by atoms with Crippen molar-refractivity contribution in [2.75, 3.05) is 24.9 Å². The number of amides is 2. The van der Waals surface area contributed by atoms with Crippen LogP contribution in [0.25, 0.3) is 0 Å². The number of anilines is 1. The van der Waals surface area contributed by atoms with E-state index in [4.69, 9.17) is 0 Å². The molecule has 11 heteroatoms. The van der Waals surface area contributed by atoms with Crippen molar-refractivity contribution >= 4 is 27.7 Å². The van der Waals surface area contributed by atoms with Gasteiger partial charge in [-0.2, -0.15) is 12.7 Å². The summed E-state index contributed by atoms with van der Waals surface area (Å²) in [6.45, 7) is 6.02. The fourth-order valence-electron chi connectivity index (χ4n) is 3.20. The molecule has 1 atom stereocenters. The third-order valence-corrected chi connectivity index (χ3v) is 6.88. The molecule has 0 bridgehead atoms. The summed E-state index contributed by atoms with van der Waals surface area (Å²) in [7, 11) is -1.73. The van der Waals surface area contributed by atoms with E-state index in [9.17, 15) is 26.8 Å². The van der Waals surface area contributed by atoms with Gasteiger partial charge in [0.2, 0.25) is 11.8 Å². The molecule has 0 heterocycles. The van der Waals surface area contributed by atoms with Gasteiger partial charge in [0.15, 0.2) is 0 Å². The molecule has 35 heavy (non-hydrogen) atoms. The molecule has 0 aliphatic carbocycles. The zero-order chi connectivity index (χ0) is 26.6. The fraction of sp³-hybridized carbons (Fsp3) is 0.417. The first-order chi connectivity index (χ1) is 16.1. The van der Waals surface area contributed by atoms with Crippen LogP contribution in [-0.4, -0.2) is 61.7 Å². The molecule has 0 aliphatic rings. The van der Waals surface area contributed by atoms with Crippen LogP contribution in [0, 0.1) is 11.6 Å². The predicted molar refractivity (Wildman–Crippen MR) is 131 cm³/mol. The number of nitrogens with one attached hydrogen (secondary N) is 1. The van der Waals surface area contributed by atoms with E-state index in [1.54, 1.807) is 20.8 Å². The number of para-hydroxylation sites is 1. The molecule has 2 amide bonds. The molecule has 1 N–H and O–H groups in total. The van der Waals surface area contributed by atoms with Crippen molar-refractivity contribution in [1.82, 2.24) is 14.5 Å². The van der Waals surface area contributed by atoms with E-state index in [0.717, 1.165) is 10.4 Å². The number of benzene rings is 2. The Morgan fingerprint density at radius 3 is 2.09 bits per heavy atom. The Bertz CT molecular complexity index is 1150. The summed E-state index contributed by atoms with van der Waals surface area (Å²) >= 11 is 0. The van der Waals surface area contributed by atoms with Crippen LogP contribution in [0.4, 0.5) is 14.5 Å². The lowest BCUT2D eigenvalue weighted by Gasteiger charge is -2.34. The molecule has 0 aromatic heterocycles. The molecule has 0 radical (unpaired) electrons. The van der Waals surface area contributed by atoms with Crippen LogP contribution in [0.2, 0.25) is 0 Å². The predicted octanol–water partition coefficient (Wildman–Crippen LogP) is 2.91. The highest BCUT2D eigenvalue weighted by atomic mass is 32.2. The maximum Gasteiger partial charge on any atom is 0.304 e. The molecule has 2 rings (SSSR count). The Balaban J connectivity index is 2.48. The van der Waals surface area contributed by atoms with Crippen LogP contribution in [-0.2, 0) is 26.3 Å². The third kappa shape index (κ3) is 7.46. The lowest BCUT2D eigenvalue weighted by Crippen LogP contribution is -2.55. The highest BCUT2D eigenvalue weighted by Crippen LogP contribution is 2.24. The minimum absolute atomic E-state index is 0.0923. The van der Waals surface area contributed by atoms with E-state index in [2.05, 4.69) is 5.32 Å². The monoisotopic (exact) mass is 510 g/mol. The number of carbonyl (C=O) groups is 2. The average Bonchev–Trinajstić information content (AvgIpc) is 2.75. The maximum absolute atomic E-state index is 14.6. The molecule has 0 unspecified atom stereocenters. The molecular formula is C24H32F2N4O4S. The van der Waals surface area contributed by atoms with Gasteiger partial charge >= 0.3 is 10.2 Å². The lowest BCUT2D eigenvalue weighted by molar-refractivity contribution is -0.140. The Morgan fingerprint density at radius 1 is 1.00 bits per heavy atom. The zero-order valence-electron chi connectivity index (χ0n) is 20.7. The van der Waals surface area contributed by atoms with E-state index >= 15 is 0 Å². The standard InChI is InChI=1S/C24H32F2N4O4S/c1-17(23(32)27-24(2,3)4)29(15-18-11-13-19(25)14-12-18)22(31)16-30(35(33,34)28(5)6)21-10-8-7-9-20(21)26/h7-14,17H,15-16H2,1-6H3,(H,27,32)/t17-/m1/s1. The van der Waals surface area contributed by atoms with E-state index in [1.807, 2.05) is 0 Å². The van der Waals surface area contributed by atoms with Gasteiger partial charge in [-0.05, 0) is 57.5 Å². The van der Waals surface area contributed by atoms with Gasteiger partial charge < -0.3 is 10.2 Å². The van der Waals surface area contributed by atoms with Crippen molar-refractivity contribution in [3.8, 4) is 0 Å². The van der Waals surface area contributed by atoms with Crippen molar-refractivity contribution in [2.24, 2.45) is 0 Å². The van der Waals surface area contributed by atoms with Gasteiger partial charge in [0.25, 0.3) is 0 Å². The zero-order valence-corrected chi connectivity index (χ0v) is 21.6. The van der Waals surface area contributed by atoms with Crippen molar-refractivity contribution in [3.63, 3.8) is 0 Å². The highest BCUT2D eigenvalue weighted by molar-refractivity contribution is 7.90. The van der Waals surface area contributed by atoms with Gasteiger partial charge in [-0.3, -0.25) is 9.59 Å². The summed E-state index contributed by atoms with van der Waals surface area (Å²) in [5.74, 6) is -2.48. The largest absolute Gasteiger partial charge is 0.350 e. The number of rotatable bonds is 9. The van der Waals surface area contributed by atoms with E-state index < -0.39 is 51.8 Å². The number of nitrogens with zero attached hydrogens (tertiary/aromatic N) is 3. The minimum atomic E-state index is -4.27. The Morgan fingerprint density at radius 2 is 1.57 bits per heavy atom. The van der Waals surface area contributed by atoms with Crippen molar-refractivity contribution in [3.05, 3.63) is 65.7 Å². The van der Waals surface area contributed by atoms with Crippen LogP contribution in [0.5, 0.6) is 0 Å². The molecule has 0 saturated heterocycles. The summed E-state index contributed by atoms with van der Waals surface area (Å²) in [6, 6.07) is 9.58. The molecule has 0 fully saturated rings. The molecule has 0 spiro atoms. The van der Waals surface area contributed by atoms with Gasteiger partial charge in [-0.1, -0.05) is 24.3 Å². The number of hydrogen-bond donors (Lipinski definition) is 1. The summed E-state index contributed by atoms with van der Waals surface area (Å²) in [5.41, 5.74) is -0.352. The van der Waals surface area contributed by atoms with Gasteiger partial charge in [0, 0.05) is 26.2 Å². The summed E-state index contributed by atoms with van der Waals surface area (Å²) in [6.07, 6.45) is 0. The average molecular weight is 511 g/mol. The van der Waals surface area contributed by atoms with Crippen molar-refractivity contribution in [2.45, 2.75) is 45.8 Å². The van der Waals surface area contributed by atoms with Crippen molar-refractivity contribution in [1.29, 1.82) is 0 Å². The summed E-state index contributed by atoms with van der Waals surface area (Å²) in [4.78, 5) is 27.6. The van der Waals surface area contributed by atoms with Crippen LogP contribution in [0.1, 0.15) is 33.3 Å². The Hall–Kier alpha value is -3.05. The minimum Gasteiger partial charge on any atom is -0.350 e. The van der Waals surface area contributed by atoms with Crippen LogP contribution >= 0.6 is 0 Å². The normalized spacial score (nSPS) is 12.8. The topological polar surface area (TPSA) is 90.0 Å². The van der Waals surface area contributed by atoms with E-state index in [1.165, 1.54) is 68.4 Å². The first kappa shape index (κ1) is 28.2. The quantitative estimate of drug-likeness (QED) is 0.562. The van der Waals surface area contributed by atoms with E-state index in [-0.39, 0.29) is 12.2 Å². The summed E-state index contributed by atoms with van der Waals surface area (Å²) < 4.78 is 55.6. The Labute approximate surface area is 205 Å². The maximum atomic E-state index is 14.6. The van der Waals surface area contributed by atoms with E-state index in [0.29, 0.717) is 9.87 Å². The second-order valence-electron chi connectivity index (χ2n) is 9.31. The molecule has 0 aliphatic heterocycles. The Kier molecular flexibility index (Phi) is 8.96. The van der Waals surface area contributed by atoms with Crippen LogP contribution in [0.15, 0.2) is 48.5 Å². The SMILES string of the molecule is C[C@H](C(=O)NC(C)(C)C)N(Cc1ccc(F)cc1)C(=O)CN(c1ccccc1F)S(=O)(=O)N(C)C. The number of hydrogen-bond acceptors (Lipinski definition) is 4. The second kappa shape index (κ2) is 11.1. The first-order valence-electron chi connectivity index (χ1n) is 10.9. The number of halogens is 2.